The fraction of sp³-hybridized carbons (Fsp3) is 0.296. The third kappa shape index (κ3) is 6.54. The molecule has 3 aromatic rings. The van der Waals surface area contributed by atoms with Crippen LogP contribution in [0.4, 0.5) is 5.69 Å². The van der Waals surface area contributed by atoms with Crippen LogP contribution in [0.2, 0.25) is 0 Å². The van der Waals surface area contributed by atoms with Crippen molar-refractivity contribution in [3.8, 4) is 17.2 Å². The highest BCUT2D eigenvalue weighted by Gasteiger charge is 2.30. The summed E-state index contributed by atoms with van der Waals surface area (Å²) in [6.45, 7) is 5.49. The number of hydrogen-bond acceptors (Lipinski definition) is 5. The molecule has 1 amide bonds. The predicted molar refractivity (Wildman–Crippen MR) is 139 cm³/mol. The number of nitrogens with one attached hydrogen (secondary N) is 1. The van der Waals surface area contributed by atoms with E-state index in [0.29, 0.717) is 23.6 Å². The molecular weight excluding hydrogens is 464 g/mol. The number of carbonyl (C=O) groups excluding carboxylic acids is 1. The van der Waals surface area contributed by atoms with Crippen LogP contribution in [0.25, 0.3) is 0 Å². The molecular formula is C27H32N2O5S. The highest BCUT2D eigenvalue weighted by Crippen LogP contribution is 2.28. The fourth-order valence-corrected chi connectivity index (χ4v) is 5.10. The number of hydrogen-bond donors (Lipinski definition) is 1. The average molecular weight is 497 g/mol. The van der Waals surface area contributed by atoms with Gasteiger partial charge in [0.05, 0.1) is 25.1 Å². The van der Waals surface area contributed by atoms with Crippen molar-refractivity contribution in [3.05, 3.63) is 83.9 Å². The summed E-state index contributed by atoms with van der Waals surface area (Å²) < 4.78 is 37.6. The Morgan fingerprint density at radius 2 is 1.63 bits per heavy atom. The molecule has 1 N–H and O–H groups in total. The smallest absolute Gasteiger partial charge is 0.244 e. The van der Waals surface area contributed by atoms with E-state index in [1.165, 1.54) is 0 Å². The minimum atomic E-state index is -3.74. The molecule has 186 valence electrons. The van der Waals surface area contributed by atoms with Gasteiger partial charge >= 0.3 is 0 Å². The van der Waals surface area contributed by atoms with Crippen LogP contribution in [0.1, 0.15) is 37.4 Å². The molecule has 0 spiro atoms. The van der Waals surface area contributed by atoms with E-state index in [2.05, 4.69) is 5.32 Å². The van der Waals surface area contributed by atoms with E-state index in [9.17, 15) is 13.2 Å². The van der Waals surface area contributed by atoms with Gasteiger partial charge in [-0.15, -0.1) is 0 Å². The summed E-state index contributed by atoms with van der Waals surface area (Å²) in [6, 6.07) is 20.4. The van der Waals surface area contributed by atoms with Gasteiger partial charge in [-0.3, -0.25) is 9.10 Å². The van der Waals surface area contributed by atoms with Gasteiger partial charge in [0.2, 0.25) is 15.9 Å². The minimum absolute atomic E-state index is 0.266. The van der Waals surface area contributed by atoms with Crippen LogP contribution in [0.5, 0.6) is 17.2 Å². The van der Waals surface area contributed by atoms with Crippen molar-refractivity contribution < 1.29 is 22.7 Å². The Bertz CT molecular complexity index is 1240. The molecule has 0 aromatic heterocycles. The summed E-state index contributed by atoms with van der Waals surface area (Å²) in [5.41, 5.74) is 2.27. The minimum Gasteiger partial charge on any atom is -0.496 e. The largest absolute Gasteiger partial charge is 0.496 e. The molecule has 0 aliphatic heterocycles. The van der Waals surface area contributed by atoms with Crippen molar-refractivity contribution in [3.63, 3.8) is 0 Å². The first-order valence-electron chi connectivity index (χ1n) is 11.4. The van der Waals surface area contributed by atoms with E-state index < -0.39 is 16.1 Å². The highest BCUT2D eigenvalue weighted by molar-refractivity contribution is 7.92. The standard InChI is InChI=1S/C27H32N2O5S/c1-6-25(21-12-17-26(33-4)19(2)18-21)28-27(30)20(3)29(35(5,31)32)22-13-15-24(16-14-22)34-23-10-8-7-9-11-23/h7-18,20,25H,6H2,1-5H3,(H,28,30)/t20-,25-/m0/s1. The zero-order valence-electron chi connectivity index (χ0n) is 20.7. The van der Waals surface area contributed by atoms with Crippen LogP contribution in [0.3, 0.4) is 0 Å². The Morgan fingerprint density at radius 1 is 1.00 bits per heavy atom. The van der Waals surface area contributed by atoms with Gasteiger partial charge < -0.3 is 14.8 Å². The molecule has 0 heterocycles. The van der Waals surface area contributed by atoms with E-state index in [-0.39, 0.29) is 11.9 Å². The Hall–Kier alpha value is -3.52. The monoisotopic (exact) mass is 496 g/mol. The summed E-state index contributed by atoms with van der Waals surface area (Å²) in [4.78, 5) is 13.2. The van der Waals surface area contributed by atoms with Gasteiger partial charge in [0, 0.05) is 0 Å². The molecule has 0 saturated heterocycles. The predicted octanol–water partition coefficient (Wildman–Crippen LogP) is 5.22. The first-order chi connectivity index (χ1) is 16.6. The van der Waals surface area contributed by atoms with E-state index in [0.717, 1.165) is 27.4 Å². The molecule has 3 rings (SSSR count). The molecule has 0 fully saturated rings. The Labute approximate surface area is 207 Å². The van der Waals surface area contributed by atoms with Crippen LogP contribution in [0, 0.1) is 6.92 Å². The number of rotatable bonds is 10. The third-order valence-corrected chi connectivity index (χ3v) is 6.95. The van der Waals surface area contributed by atoms with Crippen molar-refractivity contribution >= 4 is 21.6 Å². The van der Waals surface area contributed by atoms with Gasteiger partial charge in [0.1, 0.15) is 23.3 Å². The summed E-state index contributed by atoms with van der Waals surface area (Å²) in [7, 11) is -2.13. The second-order valence-electron chi connectivity index (χ2n) is 8.34. The highest BCUT2D eigenvalue weighted by atomic mass is 32.2. The van der Waals surface area contributed by atoms with E-state index in [1.807, 2.05) is 62.4 Å². The maximum absolute atomic E-state index is 13.2. The van der Waals surface area contributed by atoms with Crippen molar-refractivity contribution in [2.75, 3.05) is 17.7 Å². The van der Waals surface area contributed by atoms with Crippen molar-refractivity contribution in [2.45, 2.75) is 39.3 Å². The first kappa shape index (κ1) is 26.1. The van der Waals surface area contributed by atoms with Gasteiger partial charge in [0.15, 0.2) is 0 Å². The molecule has 8 heteroatoms. The van der Waals surface area contributed by atoms with Gasteiger partial charge in [-0.1, -0.05) is 37.3 Å². The zero-order valence-corrected chi connectivity index (χ0v) is 21.5. The maximum Gasteiger partial charge on any atom is 0.244 e. The van der Waals surface area contributed by atoms with Crippen molar-refractivity contribution in [1.29, 1.82) is 0 Å². The molecule has 0 bridgehead atoms. The molecule has 0 saturated carbocycles. The molecule has 0 radical (unpaired) electrons. The quantitative estimate of drug-likeness (QED) is 0.416. The zero-order chi connectivity index (χ0) is 25.6. The lowest BCUT2D eigenvalue weighted by Gasteiger charge is -2.30. The lowest BCUT2D eigenvalue weighted by Crippen LogP contribution is -2.48. The van der Waals surface area contributed by atoms with Crippen molar-refractivity contribution in [2.24, 2.45) is 0 Å². The first-order valence-corrected chi connectivity index (χ1v) is 13.3. The van der Waals surface area contributed by atoms with Gasteiger partial charge in [-0.2, -0.15) is 0 Å². The number of ether oxygens (including phenoxy) is 2. The molecule has 35 heavy (non-hydrogen) atoms. The molecule has 0 aliphatic carbocycles. The lowest BCUT2D eigenvalue weighted by atomic mass is 10.0. The number of benzene rings is 3. The number of carbonyl (C=O) groups is 1. The molecule has 0 aliphatic rings. The molecule has 7 nitrogen and oxygen atoms in total. The van der Waals surface area contributed by atoms with Crippen LogP contribution in [-0.4, -0.2) is 33.7 Å². The van der Waals surface area contributed by atoms with Crippen LogP contribution < -0.4 is 19.1 Å². The van der Waals surface area contributed by atoms with Gasteiger partial charge in [-0.25, -0.2) is 8.42 Å². The third-order valence-electron chi connectivity index (χ3n) is 5.70. The number of aryl methyl sites for hydroxylation is 1. The number of para-hydroxylation sites is 1. The second kappa shape index (κ2) is 11.3. The summed E-state index contributed by atoms with van der Waals surface area (Å²) in [6.07, 6.45) is 1.74. The summed E-state index contributed by atoms with van der Waals surface area (Å²) >= 11 is 0. The SMILES string of the molecule is CC[C@H](NC(=O)[C@H](C)N(c1ccc(Oc2ccccc2)cc1)S(C)(=O)=O)c1ccc(OC)c(C)c1. The summed E-state index contributed by atoms with van der Waals surface area (Å²) in [5, 5.41) is 3.00. The number of sulfonamides is 1. The maximum atomic E-state index is 13.2. The molecule has 2 atom stereocenters. The topological polar surface area (TPSA) is 84.9 Å². The lowest BCUT2D eigenvalue weighted by molar-refractivity contribution is -0.122. The molecule has 0 unspecified atom stereocenters. The number of nitrogens with zero attached hydrogens (tertiary/aromatic N) is 1. The van der Waals surface area contributed by atoms with Crippen molar-refractivity contribution in [1.82, 2.24) is 5.32 Å². The Balaban J connectivity index is 1.79. The normalized spacial score (nSPS) is 12.9. The Kier molecular flexibility index (Phi) is 8.40. The van der Waals surface area contributed by atoms with E-state index >= 15 is 0 Å². The fourth-order valence-electron chi connectivity index (χ4n) is 3.93. The van der Waals surface area contributed by atoms with Gasteiger partial charge in [0.25, 0.3) is 0 Å². The van der Waals surface area contributed by atoms with Crippen LogP contribution in [0.15, 0.2) is 72.8 Å². The number of amides is 1. The van der Waals surface area contributed by atoms with Gasteiger partial charge in [-0.05, 0) is 73.9 Å². The second-order valence-corrected chi connectivity index (χ2v) is 10.2. The van der Waals surface area contributed by atoms with E-state index in [1.54, 1.807) is 38.3 Å². The number of anilines is 1. The van der Waals surface area contributed by atoms with E-state index in [4.69, 9.17) is 9.47 Å². The Morgan fingerprint density at radius 3 is 2.17 bits per heavy atom. The van der Waals surface area contributed by atoms with Crippen LogP contribution in [-0.2, 0) is 14.8 Å². The average Bonchev–Trinajstić information content (AvgIpc) is 2.83. The number of methoxy groups -OCH3 is 1. The molecule has 3 aromatic carbocycles. The van der Waals surface area contributed by atoms with Crippen LogP contribution >= 0.6 is 0 Å². The summed E-state index contributed by atoms with van der Waals surface area (Å²) in [5.74, 6) is 1.62.